The first-order chi connectivity index (χ1) is 17.2. The zero-order valence-corrected chi connectivity index (χ0v) is 19.7. The summed E-state index contributed by atoms with van der Waals surface area (Å²) in [5.41, 5.74) is 1.62. The average molecular weight is 498 g/mol. The summed E-state index contributed by atoms with van der Waals surface area (Å²) in [6, 6.07) is 19.4. The topological polar surface area (TPSA) is 71.5 Å². The first-order valence-electron chi connectivity index (χ1n) is 11.7. The molecule has 1 aliphatic heterocycles. The second kappa shape index (κ2) is 10.8. The fourth-order valence-electron chi connectivity index (χ4n) is 4.10. The predicted octanol–water partition coefficient (Wildman–Crippen LogP) is 5.55. The van der Waals surface area contributed by atoms with Crippen molar-refractivity contribution in [2.24, 2.45) is 5.92 Å². The van der Waals surface area contributed by atoms with Crippen LogP contribution in [-0.2, 0) is 20.5 Å². The van der Waals surface area contributed by atoms with Gasteiger partial charge in [-0.2, -0.15) is 13.2 Å². The summed E-state index contributed by atoms with van der Waals surface area (Å²) in [5, 5.41) is 2.85. The minimum atomic E-state index is -4.44. The number of para-hydroxylation sites is 1. The van der Waals surface area contributed by atoms with Crippen LogP contribution in [-0.4, -0.2) is 36.1 Å². The molecule has 36 heavy (non-hydrogen) atoms. The number of alkyl halides is 3. The highest BCUT2D eigenvalue weighted by Crippen LogP contribution is 2.31. The molecule has 1 N–H and O–H groups in total. The zero-order valence-electron chi connectivity index (χ0n) is 19.7. The van der Waals surface area contributed by atoms with Crippen LogP contribution in [0.3, 0.4) is 0 Å². The lowest BCUT2D eigenvalue weighted by molar-refractivity contribution is -0.158. The van der Waals surface area contributed by atoms with Crippen LogP contribution in [0, 0.1) is 5.92 Å². The number of hydrogen-bond donors (Lipinski definition) is 1. The van der Waals surface area contributed by atoms with E-state index >= 15 is 0 Å². The normalized spacial score (nSPS) is 15.3. The number of amides is 1. The maximum absolute atomic E-state index is 12.8. The van der Waals surface area contributed by atoms with Crippen LogP contribution >= 0.6 is 0 Å². The molecule has 1 fully saturated rings. The van der Waals surface area contributed by atoms with Gasteiger partial charge in [0, 0.05) is 30.5 Å². The summed E-state index contributed by atoms with van der Waals surface area (Å²) in [6.45, 7) is 2.42. The lowest BCUT2D eigenvalue weighted by Crippen LogP contribution is -2.39. The number of anilines is 2. The predicted molar refractivity (Wildman–Crippen MR) is 130 cm³/mol. The summed E-state index contributed by atoms with van der Waals surface area (Å²) in [4.78, 5) is 31.2. The van der Waals surface area contributed by atoms with Gasteiger partial charge in [0.1, 0.15) is 5.82 Å². The molecule has 2 aromatic carbocycles. The largest absolute Gasteiger partial charge is 0.452 e. The molecule has 1 amide bonds. The molecule has 3 aromatic rings. The molecular weight excluding hydrogens is 471 g/mol. The van der Waals surface area contributed by atoms with Crippen molar-refractivity contribution in [3.8, 4) is 11.1 Å². The molecular formula is C27H26F3N3O3. The summed E-state index contributed by atoms with van der Waals surface area (Å²) in [7, 11) is 0. The van der Waals surface area contributed by atoms with Gasteiger partial charge in [0.25, 0.3) is 5.91 Å². The van der Waals surface area contributed by atoms with E-state index in [9.17, 15) is 22.8 Å². The third-order valence-electron chi connectivity index (χ3n) is 6.16. The first-order valence-corrected chi connectivity index (χ1v) is 11.7. The molecule has 1 unspecified atom stereocenters. The number of carbonyl (C=O) groups is 2. The van der Waals surface area contributed by atoms with Crippen molar-refractivity contribution < 1.29 is 27.5 Å². The Morgan fingerprint density at radius 2 is 1.67 bits per heavy atom. The molecule has 0 radical (unpaired) electrons. The van der Waals surface area contributed by atoms with Gasteiger partial charge in [0.2, 0.25) is 0 Å². The first kappa shape index (κ1) is 25.2. The van der Waals surface area contributed by atoms with Gasteiger partial charge < -0.3 is 15.0 Å². The average Bonchev–Trinajstić information content (AvgIpc) is 2.89. The second-order valence-corrected chi connectivity index (χ2v) is 8.64. The van der Waals surface area contributed by atoms with Crippen molar-refractivity contribution in [2.75, 3.05) is 23.3 Å². The van der Waals surface area contributed by atoms with Gasteiger partial charge in [0.15, 0.2) is 6.10 Å². The molecule has 4 rings (SSSR count). The van der Waals surface area contributed by atoms with E-state index in [0.29, 0.717) is 37.4 Å². The number of aromatic nitrogens is 1. The Morgan fingerprint density at radius 1 is 1.00 bits per heavy atom. The molecule has 2 heterocycles. The highest BCUT2D eigenvalue weighted by atomic mass is 19.4. The molecule has 1 aromatic heterocycles. The van der Waals surface area contributed by atoms with Crippen LogP contribution in [0.25, 0.3) is 11.1 Å². The number of nitrogens with one attached hydrogen (secondary N) is 1. The molecule has 0 saturated carbocycles. The molecule has 1 aliphatic rings. The van der Waals surface area contributed by atoms with Crippen LogP contribution in [0.4, 0.5) is 24.7 Å². The lowest BCUT2D eigenvalue weighted by atomic mass is 9.97. The van der Waals surface area contributed by atoms with Crippen molar-refractivity contribution in [1.29, 1.82) is 0 Å². The number of carbonyl (C=O) groups excluding carboxylic acids is 2. The van der Waals surface area contributed by atoms with Crippen LogP contribution < -0.4 is 10.2 Å². The number of esters is 1. The lowest BCUT2D eigenvalue weighted by Gasteiger charge is -2.32. The third kappa shape index (κ3) is 6.02. The van der Waals surface area contributed by atoms with E-state index < -0.39 is 35.6 Å². The van der Waals surface area contributed by atoms with Crippen molar-refractivity contribution in [2.45, 2.75) is 32.0 Å². The quantitative estimate of drug-likeness (QED) is 0.452. The molecule has 188 valence electrons. The van der Waals surface area contributed by atoms with Gasteiger partial charge in [-0.05, 0) is 43.5 Å². The van der Waals surface area contributed by atoms with Gasteiger partial charge >= 0.3 is 12.1 Å². The van der Waals surface area contributed by atoms with E-state index in [1.807, 2.05) is 53.4 Å². The van der Waals surface area contributed by atoms with E-state index in [-0.39, 0.29) is 0 Å². The SMILES string of the molecule is CC(OC(=O)C1CCN(c2ccc(C(F)(F)F)cn2)CC1)C(=O)Nc1ccccc1-c1ccccc1. The van der Waals surface area contributed by atoms with Gasteiger partial charge in [-0.3, -0.25) is 9.59 Å². The number of piperidine rings is 1. The van der Waals surface area contributed by atoms with E-state index in [2.05, 4.69) is 10.3 Å². The van der Waals surface area contributed by atoms with Crippen LogP contribution in [0.1, 0.15) is 25.3 Å². The van der Waals surface area contributed by atoms with E-state index in [1.54, 1.807) is 6.07 Å². The number of nitrogens with zero attached hydrogens (tertiary/aromatic N) is 2. The van der Waals surface area contributed by atoms with Gasteiger partial charge in [0.05, 0.1) is 11.5 Å². The maximum atomic E-state index is 12.8. The van der Waals surface area contributed by atoms with Gasteiger partial charge in [-0.1, -0.05) is 48.5 Å². The summed E-state index contributed by atoms with van der Waals surface area (Å²) in [6.07, 6.45) is -3.71. The Morgan fingerprint density at radius 3 is 2.31 bits per heavy atom. The molecule has 1 saturated heterocycles. The summed E-state index contributed by atoms with van der Waals surface area (Å²) in [5.74, 6) is -0.866. The zero-order chi connectivity index (χ0) is 25.7. The van der Waals surface area contributed by atoms with Crippen LogP contribution in [0.15, 0.2) is 72.9 Å². The highest BCUT2D eigenvalue weighted by Gasteiger charge is 2.32. The number of ether oxygens (including phenoxy) is 1. The van der Waals surface area contributed by atoms with Crippen molar-refractivity contribution in [3.05, 3.63) is 78.5 Å². The Bertz CT molecular complexity index is 1190. The fraction of sp³-hybridized carbons (Fsp3) is 0.296. The van der Waals surface area contributed by atoms with Crippen LogP contribution in [0.2, 0.25) is 0 Å². The summed E-state index contributed by atoms with van der Waals surface area (Å²) >= 11 is 0. The smallest absolute Gasteiger partial charge is 0.417 e. The number of benzene rings is 2. The molecule has 0 aliphatic carbocycles. The Balaban J connectivity index is 1.30. The minimum absolute atomic E-state index is 0.400. The Labute approximate surface area is 207 Å². The molecule has 0 bridgehead atoms. The number of pyridine rings is 1. The van der Waals surface area contributed by atoms with E-state index in [4.69, 9.17) is 4.74 Å². The monoisotopic (exact) mass is 497 g/mol. The van der Waals surface area contributed by atoms with Crippen molar-refractivity contribution in [1.82, 2.24) is 4.98 Å². The Kier molecular flexibility index (Phi) is 7.57. The molecule has 0 spiro atoms. The van der Waals surface area contributed by atoms with Gasteiger partial charge in [-0.25, -0.2) is 4.98 Å². The maximum Gasteiger partial charge on any atom is 0.417 e. The van der Waals surface area contributed by atoms with Crippen molar-refractivity contribution in [3.63, 3.8) is 0 Å². The third-order valence-corrected chi connectivity index (χ3v) is 6.16. The molecule has 1 atom stereocenters. The van der Waals surface area contributed by atoms with Crippen LogP contribution in [0.5, 0.6) is 0 Å². The van der Waals surface area contributed by atoms with Gasteiger partial charge in [-0.15, -0.1) is 0 Å². The standard InChI is InChI=1S/C27H26F3N3O3/c1-18(25(34)32-23-10-6-5-9-22(23)19-7-3-2-4-8-19)36-26(35)20-13-15-33(16-14-20)24-12-11-21(17-31-24)27(28,29)30/h2-12,17-18,20H,13-16H2,1H3,(H,32,34). The number of rotatable bonds is 6. The van der Waals surface area contributed by atoms with E-state index in [1.165, 1.54) is 13.0 Å². The minimum Gasteiger partial charge on any atom is -0.452 e. The molecule has 9 heteroatoms. The molecule has 6 nitrogen and oxygen atoms in total. The van der Waals surface area contributed by atoms with E-state index in [0.717, 1.165) is 23.4 Å². The highest BCUT2D eigenvalue weighted by molar-refractivity contribution is 5.98. The Hall–Kier alpha value is -3.88. The number of hydrogen-bond acceptors (Lipinski definition) is 5. The number of halogens is 3. The summed E-state index contributed by atoms with van der Waals surface area (Å²) < 4.78 is 43.7. The van der Waals surface area contributed by atoms with Crippen molar-refractivity contribution >= 4 is 23.4 Å². The fourth-order valence-corrected chi connectivity index (χ4v) is 4.10. The second-order valence-electron chi connectivity index (χ2n) is 8.64.